The van der Waals surface area contributed by atoms with Gasteiger partial charge in [0.2, 0.25) is 15.9 Å². The van der Waals surface area contributed by atoms with Crippen molar-refractivity contribution in [2.45, 2.75) is 6.92 Å². The molecule has 0 saturated carbocycles. The van der Waals surface area contributed by atoms with Crippen LogP contribution in [-0.4, -0.2) is 69.1 Å². The molecule has 0 spiro atoms. The summed E-state index contributed by atoms with van der Waals surface area (Å²) in [6, 6.07) is 8.29. The topological polar surface area (TPSA) is 60.9 Å². The normalized spacial score (nSPS) is 15.6. The lowest BCUT2D eigenvalue weighted by molar-refractivity contribution is -0.131. The van der Waals surface area contributed by atoms with Gasteiger partial charge in [-0.3, -0.25) is 4.79 Å². The highest BCUT2D eigenvalue weighted by molar-refractivity contribution is 7.88. The van der Waals surface area contributed by atoms with E-state index in [9.17, 15) is 13.2 Å². The number of amides is 1. The van der Waals surface area contributed by atoms with Crippen molar-refractivity contribution in [1.29, 1.82) is 0 Å². The lowest BCUT2D eigenvalue weighted by Crippen LogP contribution is -2.51. The average molecular weight is 351 g/mol. The van der Waals surface area contributed by atoms with Gasteiger partial charge in [-0.15, -0.1) is 6.58 Å². The number of carbonyl (C=O) groups excluding carboxylic acids is 1. The highest BCUT2D eigenvalue weighted by atomic mass is 32.2. The van der Waals surface area contributed by atoms with Gasteiger partial charge in [0.25, 0.3) is 0 Å². The van der Waals surface area contributed by atoms with Crippen LogP contribution in [0.5, 0.6) is 0 Å². The van der Waals surface area contributed by atoms with Gasteiger partial charge in [-0.1, -0.05) is 18.2 Å². The molecule has 1 aromatic carbocycles. The lowest BCUT2D eigenvalue weighted by Gasteiger charge is -2.37. The number of carbonyl (C=O) groups is 1. The van der Waals surface area contributed by atoms with Crippen molar-refractivity contribution in [3.8, 4) is 0 Å². The zero-order valence-corrected chi connectivity index (χ0v) is 15.1. The average Bonchev–Trinajstić information content (AvgIpc) is 2.53. The Morgan fingerprint density at radius 2 is 1.96 bits per heavy atom. The standard InChI is InChI=1S/C17H25N3O3S/c1-4-8-20(24(3,22)23)14-17(21)19-11-9-18(10-12-19)16-7-5-6-15(2)13-16/h4-7,13H,1,8-12,14H2,2-3H3. The van der Waals surface area contributed by atoms with E-state index in [1.165, 1.54) is 11.6 Å². The highest BCUT2D eigenvalue weighted by Gasteiger charge is 2.25. The third-order valence-electron chi connectivity index (χ3n) is 4.11. The Morgan fingerprint density at radius 1 is 1.29 bits per heavy atom. The quantitative estimate of drug-likeness (QED) is 0.720. The monoisotopic (exact) mass is 351 g/mol. The van der Waals surface area contributed by atoms with Crippen LogP contribution in [-0.2, 0) is 14.8 Å². The lowest BCUT2D eigenvalue weighted by atomic mass is 10.2. The molecule has 1 fully saturated rings. The molecule has 0 bridgehead atoms. The maximum atomic E-state index is 12.4. The maximum absolute atomic E-state index is 12.4. The molecule has 1 aliphatic rings. The van der Waals surface area contributed by atoms with Gasteiger partial charge in [0, 0.05) is 38.4 Å². The molecule has 1 heterocycles. The fourth-order valence-corrected chi connectivity index (χ4v) is 3.47. The van der Waals surface area contributed by atoms with Crippen LogP contribution in [0.15, 0.2) is 36.9 Å². The molecule has 0 unspecified atom stereocenters. The van der Waals surface area contributed by atoms with E-state index in [0.717, 1.165) is 29.3 Å². The summed E-state index contributed by atoms with van der Waals surface area (Å²) >= 11 is 0. The smallest absolute Gasteiger partial charge is 0.238 e. The predicted molar refractivity (Wildman–Crippen MR) is 96.6 cm³/mol. The van der Waals surface area contributed by atoms with Gasteiger partial charge in [0.15, 0.2) is 0 Å². The van der Waals surface area contributed by atoms with Gasteiger partial charge in [0.05, 0.1) is 12.8 Å². The van der Waals surface area contributed by atoms with Crippen LogP contribution in [0.25, 0.3) is 0 Å². The van der Waals surface area contributed by atoms with Gasteiger partial charge in [-0.05, 0) is 24.6 Å². The minimum atomic E-state index is -3.42. The van der Waals surface area contributed by atoms with E-state index in [2.05, 4.69) is 36.6 Å². The van der Waals surface area contributed by atoms with Crippen LogP contribution in [0.2, 0.25) is 0 Å². The molecule has 6 nitrogen and oxygen atoms in total. The molecular weight excluding hydrogens is 326 g/mol. The van der Waals surface area contributed by atoms with E-state index in [4.69, 9.17) is 0 Å². The fourth-order valence-electron chi connectivity index (χ4n) is 2.75. The van der Waals surface area contributed by atoms with E-state index in [-0.39, 0.29) is 19.0 Å². The third kappa shape index (κ3) is 4.82. The van der Waals surface area contributed by atoms with Crippen molar-refractivity contribution in [2.75, 3.05) is 50.4 Å². The SMILES string of the molecule is C=CCN(CC(=O)N1CCN(c2cccc(C)c2)CC1)S(C)(=O)=O. The molecule has 7 heteroatoms. The second kappa shape index (κ2) is 7.81. The van der Waals surface area contributed by atoms with E-state index in [0.29, 0.717) is 13.1 Å². The van der Waals surface area contributed by atoms with Crippen molar-refractivity contribution < 1.29 is 13.2 Å². The van der Waals surface area contributed by atoms with Crippen LogP contribution in [0.1, 0.15) is 5.56 Å². The van der Waals surface area contributed by atoms with Crippen LogP contribution >= 0.6 is 0 Å². The van der Waals surface area contributed by atoms with E-state index in [1.54, 1.807) is 4.90 Å². The molecule has 0 aromatic heterocycles. The molecule has 1 saturated heterocycles. The Hall–Kier alpha value is -1.86. The molecule has 0 N–H and O–H groups in total. The first kappa shape index (κ1) is 18.5. The van der Waals surface area contributed by atoms with Crippen LogP contribution < -0.4 is 4.90 Å². The van der Waals surface area contributed by atoms with Gasteiger partial charge in [-0.2, -0.15) is 4.31 Å². The van der Waals surface area contributed by atoms with Crippen molar-refractivity contribution in [1.82, 2.24) is 9.21 Å². The summed E-state index contributed by atoms with van der Waals surface area (Å²) in [6.45, 7) is 8.30. The highest BCUT2D eigenvalue weighted by Crippen LogP contribution is 2.18. The number of nitrogens with zero attached hydrogens (tertiary/aromatic N) is 3. The summed E-state index contributed by atoms with van der Waals surface area (Å²) < 4.78 is 24.6. The van der Waals surface area contributed by atoms with Crippen molar-refractivity contribution >= 4 is 21.6 Å². The van der Waals surface area contributed by atoms with Crippen molar-refractivity contribution in [3.05, 3.63) is 42.5 Å². The van der Waals surface area contributed by atoms with Gasteiger partial charge in [-0.25, -0.2) is 8.42 Å². The van der Waals surface area contributed by atoms with E-state index in [1.807, 2.05) is 6.07 Å². The summed E-state index contributed by atoms with van der Waals surface area (Å²) in [6.07, 6.45) is 2.60. The predicted octanol–water partition coefficient (Wildman–Crippen LogP) is 1.09. The van der Waals surface area contributed by atoms with E-state index >= 15 is 0 Å². The van der Waals surface area contributed by atoms with Crippen LogP contribution in [0.3, 0.4) is 0 Å². The second-order valence-corrected chi connectivity index (χ2v) is 8.03. The van der Waals surface area contributed by atoms with E-state index < -0.39 is 10.0 Å². The molecule has 132 valence electrons. The van der Waals surface area contributed by atoms with Gasteiger partial charge < -0.3 is 9.80 Å². The number of benzene rings is 1. The number of rotatable bonds is 6. The number of anilines is 1. The molecule has 24 heavy (non-hydrogen) atoms. The number of hydrogen-bond acceptors (Lipinski definition) is 4. The largest absolute Gasteiger partial charge is 0.368 e. The molecule has 2 rings (SSSR count). The minimum absolute atomic E-state index is 0.130. The third-order valence-corrected chi connectivity index (χ3v) is 5.33. The second-order valence-electron chi connectivity index (χ2n) is 6.05. The molecule has 1 aliphatic heterocycles. The Morgan fingerprint density at radius 3 is 2.50 bits per heavy atom. The Balaban J connectivity index is 1.94. The number of piperazine rings is 1. The summed E-state index contributed by atoms with van der Waals surface area (Å²) in [5.41, 5.74) is 2.37. The molecule has 0 aliphatic carbocycles. The van der Waals surface area contributed by atoms with Crippen molar-refractivity contribution in [3.63, 3.8) is 0 Å². The fraction of sp³-hybridized carbons (Fsp3) is 0.471. The first-order valence-electron chi connectivity index (χ1n) is 7.96. The first-order chi connectivity index (χ1) is 11.3. The molecular formula is C17H25N3O3S. The van der Waals surface area contributed by atoms with Crippen LogP contribution in [0.4, 0.5) is 5.69 Å². The zero-order valence-electron chi connectivity index (χ0n) is 14.3. The van der Waals surface area contributed by atoms with Crippen molar-refractivity contribution in [2.24, 2.45) is 0 Å². The maximum Gasteiger partial charge on any atom is 0.238 e. The zero-order chi connectivity index (χ0) is 17.7. The summed E-state index contributed by atoms with van der Waals surface area (Å²) in [7, 11) is -3.42. The number of sulfonamides is 1. The first-order valence-corrected chi connectivity index (χ1v) is 9.81. The number of aryl methyl sites for hydroxylation is 1. The molecule has 0 atom stereocenters. The Bertz CT molecular complexity index is 695. The summed E-state index contributed by atoms with van der Waals surface area (Å²) in [5, 5.41) is 0. The number of hydrogen-bond donors (Lipinski definition) is 0. The summed E-state index contributed by atoms with van der Waals surface area (Å²) in [5.74, 6) is -0.161. The van der Waals surface area contributed by atoms with Crippen LogP contribution in [0, 0.1) is 6.92 Å². The Labute approximate surface area is 144 Å². The van der Waals surface area contributed by atoms with Gasteiger partial charge >= 0.3 is 0 Å². The minimum Gasteiger partial charge on any atom is -0.368 e. The summed E-state index contributed by atoms with van der Waals surface area (Å²) in [4.78, 5) is 16.4. The Kier molecular flexibility index (Phi) is 6.01. The molecule has 1 amide bonds. The molecule has 0 radical (unpaired) electrons. The molecule has 1 aromatic rings. The van der Waals surface area contributed by atoms with Gasteiger partial charge in [0.1, 0.15) is 0 Å².